The van der Waals surface area contributed by atoms with E-state index in [0.717, 1.165) is 24.9 Å². The summed E-state index contributed by atoms with van der Waals surface area (Å²) in [5.74, 6) is -1.37. The van der Waals surface area contributed by atoms with Gasteiger partial charge >= 0.3 is 5.97 Å². The fraction of sp³-hybridized carbons (Fsp3) is 0.409. The van der Waals surface area contributed by atoms with Gasteiger partial charge in [-0.15, -0.1) is 0 Å². The van der Waals surface area contributed by atoms with Gasteiger partial charge in [-0.05, 0) is 56.8 Å². The summed E-state index contributed by atoms with van der Waals surface area (Å²) in [6, 6.07) is 6.06. The Morgan fingerprint density at radius 1 is 1.30 bits per heavy atom. The maximum atomic E-state index is 14.0. The zero-order chi connectivity index (χ0) is 21.3. The highest BCUT2D eigenvalue weighted by Crippen LogP contribution is 2.26. The minimum Gasteiger partial charge on any atom is -0.478 e. The van der Waals surface area contributed by atoms with E-state index in [9.17, 15) is 14.3 Å². The van der Waals surface area contributed by atoms with E-state index in [1.165, 1.54) is 30.6 Å². The number of rotatable bonds is 7. The lowest BCUT2D eigenvalue weighted by Crippen LogP contribution is -2.27. The van der Waals surface area contributed by atoms with Crippen LogP contribution < -0.4 is 0 Å². The van der Waals surface area contributed by atoms with Gasteiger partial charge in [0.1, 0.15) is 5.82 Å². The van der Waals surface area contributed by atoms with Crippen molar-refractivity contribution in [1.82, 2.24) is 19.7 Å². The predicted molar refractivity (Wildman–Crippen MR) is 110 cm³/mol. The monoisotopic (exact) mass is 412 g/mol. The van der Waals surface area contributed by atoms with Crippen LogP contribution in [-0.4, -0.2) is 63.6 Å². The van der Waals surface area contributed by atoms with Crippen LogP contribution in [0.15, 0.2) is 36.7 Å². The van der Waals surface area contributed by atoms with Crippen LogP contribution in [0.5, 0.6) is 0 Å². The summed E-state index contributed by atoms with van der Waals surface area (Å²) >= 11 is 0. The van der Waals surface area contributed by atoms with Crippen LogP contribution in [0.25, 0.3) is 10.9 Å². The summed E-state index contributed by atoms with van der Waals surface area (Å²) < 4.78 is 22.0. The fourth-order valence-electron chi connectivity index (χ4n) is 4.09. The van der Waals surface area contributed by atoms with E-state index in [-0.39, 0.29) is 30.0 Å². The lowest BCUT2D eigenvalue weighted by molar-refractivity contribution is 0.0219. The molecule has 1 saturated heterocycles. The van der Waals surface area contributed by atoms with E-state index in [1.807, 2.05) is 18.8 Å². The Balaban J connectivity index is 1.62. The van der Waals surface area contributed by atoms with Crippen LogP contribution in [-0.2, 0) is 17.7 Å². The number of ether oxygens (including phenoxy) is 1. The van der Waals surface area contributed by atoms with Crippen LogP contribution in [0.4, 0.5) is 4.39 Å². The van der Waals surface area contributed by atoms with Crippen molar-refractivity contribution in [1.29, 1.82) is 0 Å². The van der Waals surface area contributed by atoms with Gasteiger partial charge in [0.2, 0.25) is 0 Å². The summed E-state index contributed by atoms with van der Waals surface area (Å²) in [4.78, 5) is 17.7. The molecule has 1 N–H and O–H groups in total. The topological polar surface area (TPSA) is 80.5 Å². The molecule has 158 valence electrons. The van der Waals surface area contributed by atoms with Crippen molar-refractivity contribution in [2.75, 3.05) is 20.6 Å². The molecule has 0 radical (unpaired) electrons. The van der Waals surface area contributed by atoms with E-state index in [1.54, 1.807) is 6.07 Å². The summed E-state index contributed by atoms with van der Waals surface area (Å²) in [6.45, 7) is 1.46. The number of halogens is 1. The average Bonchev–Trinajstić information content (AvgIpc) is 3.26. The van der Waals surface area contributed by atoms with E-state index >= 15 is 0 Å². The number of aromatic carboxylic acids is 1. The number of likely N-dealkylation sites (N-methyl/N-ethyl adjacent to an activating group) is 1. The second kappa shape index (κ2) is 8.49. The SMILES string of the molecule is CN(C)CC1CCC(Cn2nc(Cc3cnccc3C(=O)O)c3cc(F)ccc32)O1. The molecule has 1 aliphatic rings. The molecule has 2 atom stereocenters. The molecule has 3 aromatic rings. The van der Waals surface area contributed by atoms with Gasteiger partial charge in [-0.25, -0.2) is 9.18 Å². The molecular formula is C22H25FN4O3. The summed E-state index contributed by atoms with van der Waals surface area (Å²) in [6.07, 6.45) is 5.44. The van der Waals surface area contributed by atoms with Crippen molar-refractivity contribution in [3.05, 3.63) is 59.3 Å². The summed E-state index contributed by atoms with van der Waals surface area (Å²) in [5, 5.41) is 14.8. The second-order valence-electron chi connectivity index (χ2n) is 8.02. The standard InChI is InChI=1S/C22H25FN4O3/c1-26(2)12-16-4-5-17(30-16)13-27-21-6-3-15(23)10-19(21)20(25-27)9-14-11-24-8-7-18(14)22(28)29/h3,6-8,10-11,16-17H,4-5,9,12-13H2,1-2H3,(H,28,29). The molecule has 4 rings (SSSR count). The van der Waals surface area contributed by atoms with E-state index in [2.05, 4.69) is 9.88 Å². The zero-order valence-electron chi connectivity index (χ0n) is 17.1. The molecule has 0 saturated carbocycles. The first kappa shape index (κ1) is 20.4. The first-order chi connectivity index (χ1) is 14.4. The molecule has 0 spiro atoms. The Bertz CT molecular complexity index is 1070. The second-order valence-corrected chi connectivity index (χ2v) is 8.02. The summed E-state index contributed by atoms with van der Waals surface area (Å²) in [5.41, 5.74) is 2.16. The first-order valence-electron chi connectivity index (χ1n) is 10.0. The highest BCUT2D eigenvalue weighted by atomic mass is 19.1. The third-order valence-corrected chi connectivity index (χ3v) is 5.42. The lowest BCUT2D eigenvalue weighted by Gasteiger charge is -2.17. The number of hydrogen-bond acceptors (Lipinski definition) is 5. The van der Waals surface area contributed by atoms with E-state index in [4.69, 9.17) is 9.84 Å². The minimum absolute atomic E-state index is 0.0453. The number of benzene rings is 1. The molecule has 1 aromatic carbocycles. The zero-order valence-corrected chi connectivity index (χ0v) is 17.1. The van der Waals surface area contributed by atoms with Crippen LogP contribution in [0, 0.1) is 5.82 Å². The third-order valence-electron chi connectivity index (χ3n) is 5.42. The summed E-state index contributed by atoms with van der Waals surface area (Å²) in [7, 11) is 4.06. The van der Waals surface area contributed by atoms with Gasteiger partial charge in [0.05, 0.1) is 35.5 Å². The number of carboxylic acid groups (broad SMARTS) is 1. The number of fused-ring (bicyclic) bond motifs is 1. The molecule has 0 bridgehead atoms. The molecule has 7 nitrogen and oxygen atoms in total. The molecule has 1 fully saturated rings. The normalized spacial score (nSPS) is 19.1. The maximum absolute atomic E-state index is 14.0. The predicted octanol–water partition coefficient (Wildman–Crippen LogP) is 2.97. The van der Waals surface area contributed by atoms with Gasteiger partial charge in [0.15, 0.2) is 0 Å². The molecule has 0 aliphatic carbocycles. The Morgan fingerprint density at radius 3 is 2.87 bits per heavy atom. The smallest absolute Gasteiger partial charge is 0.336 e. The molecule has 30 heavy (non-hydrogen) atoms. The molecule has 0 amide bonds. The van der Waals surface area contributed by atoms with E-state index in [0.29, 0.717) is 23.2 Å². The van der Waals surface area contributed by atoms with Gasteiger partial charge in [-0.1, -0.05) is 0 Å². The largest absolute Gasteiger partial charge is 0.478 e. The Labute approximate surface area is 174 Å². The minimum atomic E-state index is -1.02. The first-order valence-corrected chi connectivity index (χ1v) is 10.0. The Morgan fingerprint density at radius 2 is 2.10 bits per heavy atom. The number of aromatic nitrogens is 3. The van der Waals surface area contributed by atoms with Crippen LogP contribution in [0.1, 0.15) is 34.5 Å². The third kappa shape index (κ3) is 4.34. The van der Waals surface area contributed by atoms with Crippen molar-refractivity contribution in [3.8, 4) is 0 Å². The van der Waals surface area contributed by atoms with E-state index < -0.39 is 5.97 Å². The van der Waals surface area contributed by atoms with Gasteiger partial charge in [0.25, 0.3) is 0 Å². The highest BCUT2D eigenvalue weighted by Gasteiger charge is 2.27. The molecule has 8 heteroatoms. The van der Waals surface area contributed by atoms with Crippen molar-refractivity contribution < 1.29 is 19.0 Å². The highest BCUT2D eigenvalue weighted by molar-refractivity contribution is 5.89. The van der Waals surface area contributed by atoms with Crippen LogP contribution in [0.3, 0.4) is 0 Å². The van der Waals surface area contributed by atoms with Crippen molar-refractivity contribution in [3.63, 3.8) is 0 Å². The maximum Gasteiger partial charge on any atom is 0.336 e. The number of carboxylic acids is 1. The van der Waals surface area contributed by atoms with Gasteiger partial charge in [0, 0.05) is 30.7 Å². The van der Waals surface area contributed by atoms with Crippen LogP contribution >= 0.6 is 0 Å². The molecule has 1 aliphatic heterocycles. The molecule has 2 unspecified atom stereocenters. The van der Waals surface area contributed by atoms with Gasteiger partial charge < -0.3 is 14.7 Å². The Hall–Kier alpha value is -2.84. The average molecular weight is 412 g/mol. The number of nitrogens with zero attached hydrogens (tertiary/aromatic N) is 4. The van der Waals surface area contributed by atoms with Gasteiger partial charge in [-0.3, -0.25) is 9.67 Å². The Kier molecular flexibility index (Phi) is 5.78. The molecular weight excluding hydrogens is 387 g/mol. The molecule has 2 aromatic heterocycles. The number of pyridine rings is 1. The van der Waals surface area contributed by atoms with Crippen molar-refractivity contribution >= 4 is 16.9 Å². The van der Waals surface area contributed by atoms with Gasteiger partial charge in [-0.2, -0.15) is 5.10 Å². The number of carbonyl (C=O) groups is 1. The fourth-order valence-corrected chi connectivity index (χ4v) is 4.09. The van der Waals surface area contributed by atoms with Crippen molar-refractivity contribution in [2.45, 2.75) is 38.0 Å². The quantitative estimate of drug-likeness (QED) is 0.643. The lowest BCUT2D eigenvalue weighted by atomic mass is 10.0. The van der Waals surface area contributed by atoms with Crippen molar-refractivity contribution in [2.24, 2.45) is 0 Å². The van der Waals surface area contributed by atoms with Crippen LogP contribution in [0.2, 0.25) is 0 Å². The number of hydrogen-bond donors (Lipinski definition) is 1. The molecule has 3 heterocycles.